The average Bonchev–Trinajstić information content (AvgIpc) is 1.87. The van der Waals surface area contributed by atoms with Gasteiger partial charge in [0.05, 0.1) is 0 Å². The Bertz CT molecular complexity index is 68.5. The van der Waals surface area contributed by atoms with Gasteiger partial charge < -0.3 is 19.7 Å². The molecule has 0 aromatic carbocycles. The Kier molecular flexibility index (Phi) is 21.8. The molecule has 13 heavy (non-hydrogen) atoms. The van der Waals surface area contributed by atoms with Gasteiger partial charge in [-0.3, -0.25) is 0 Å². The predicted octanol–water partition coefficient (Wildman–Crippen LogP) is -0.922. The topological polar surface area (TPSA) is 64.6 Å². The van der Waals surface area contributed by atoms with Gasteiger partial charge in [0.1, 0.15) is 0 Å². The van der Waals surface area contributed by atoms with E-state index in [0.717, 1.165) is 0 Å². The average molecular weight is 251 g/mol. The summed E-state index contributed by atoms with van der Waals surface area (Å²) in [5, 5.41) is 19.8. The fraction of sp³-hybridized carbons (Fsp3) is 1.00. The minimum Gasteiger partial charge on any atom is -0.831 e. The predicted molar refractivity (Wildman–Crippen MR) is 47.9 cm³/mol. The maximum atomic E-state index is 9.90. The molecular weight excluding hydrogens is 233 g/mol. The Labute approximate surface area is 91.2 Å². The van der Waals surface area contributed by atoms with Gasteiger partial charge in [-0.1, -0.05) is 13.8 Å². The van der Waals surface area contributed by atoms with E-state index >= 15 is 0 Å². The molecule has 2 unspecified atom stereocenters. The summed E-state index contributed by atoms with van der Waals surface area (Å²) in [5.41, 5.74) is 0. The van der Waals surface area contributed by atoms with Crippen LogP contribution in [0.15, 0.2) is 0 Å². The van der Waals surface area contributed by atoms with E-state index in [9.17, 15) is 10.2 Å². The van der Waals surface area contributed by atoms with Gasteiger partial charge in [0.25, 0.3) is 0 Å². The van der Waals surface area contributed by atoms with Gasteiger partial charge >= 0.3 is 0 Å². The Hall–Kier alpha value is 0.383. The molecule has 0 rings (SSSR count). The van der Waals surface area contributed by atoms with Gasteiger partial charge in [0.2, 0.25) is 0 Å². The van der Waals surface area contributed by atoms with Crippen molar-refractivity contribution in [2.75, 3.05) is 13.2 Å². The number of hydrogen-bond acceptors (Lipinski definition) is 4. The third-order valence-electron chi connectivity index (χ3n) is 0.803. The summed E-state index contributed by atoms with van der Waals surface area (Å²) < 4.78 is 8.97. The number of rotatable bonds is 4. The van der Waals surface area contributed by atoms with Crippen molar-refractivity contribution in [2.45, 2.75) is 40.3 Å². The summed E-state index contributed by atoms with van der Waals surface area (Å²) >= 11 is 0. The first kappa shape index (κ1) is 19.0. The van der Waals surface area contributed by atoms with Crippen molar-refractivity contribution in [3.8, 4) is 0 Å². The van der Waals surface area contributed by atoms with Crippen molar-refractivity contribution < 1.29 is 19.7 Å². The van der Waals surface area contributed by atoms with Crippen LogP contribution in [0.25, 0.3) is 0 Å². The molecule has 4 nitrogen and oxygen atoms in total. The molecule has 0 aliphatic rings. The fourth-order valence-corrected chi connectivity index (χ4v) is 0.469. The van der Waals surface area contributed by atoms with Crippen LogP contribution >= 0.6 is 0 Å². The van der Waals surface area contributed by atoms with Crippen molar-refractivity contribution in [2.24, 2.45) is 0 Å². The van der Waals surface area contributed by atoms with E-state index in [1.807, 2.05) is 0 Å². The van der Waals surface area contributed by atoms with E-state index in [1.54, 1.807) is 13.8 Å². The second-order valence-corrected chi connectivity index (χ2v) is 2.05. The standard InChI is InChI=1S/2C4H9O2.Ge/c2*1-3-6-4(2)5;/h2*4H,3H2,1-2H3;/q2*-1;. The van der Waals surface area contributed by atoms with Crippen LogP contribution in [0, 0.1) is 0 Å². The van der Waals surface area contributed by atoms with Crippen LogP contribution in [0.3, 0.4) is 0 Å². The van der Waals surface area contributed by atoms with Gasteiger partial charge in [-0.05, 0) is 26.4 Å². The summed E-state index contributed by atoms with van der Waals surface area (Å²) in [6.07, 6.45) is -1.70. The van der Waals surface area contributed by atoms with Crippen LogP contribution in [0.1, 0.15) is 27.7 Å². The van der Waals surface area contributed by atoms with Crippen molar-refractivity contribution in [1.82, 2.24) is 0 Å². The van der Waals surface area contributed by atoms with Crippen molar-refractivity contribution >= 4 is 17.6 Å². The number of ether oxygens (including phenoxy) is 2. The first-order valence-electron chi connectivity index (χ1n) is 4.09. The normalized spacial score (nSPS) is 13.4. The van der Waals surface area contributed by atoms with E-state index in [0.29, 0.717) is 13.2 Å². The van der Waals surface area contributed by atoms with Crippen LogP contribution < -0.4 is 10.2 Å². The molecule has 0 aromatic heterocycles. The maximum absolute atomic E-state index is 9.90. The number of hydrogen-bond donors (Lipinski definition) is 0. The molecule has 0 amide bonds. The van der Waals surface area contributed by atoms with Crippen LogP contribution in [-0.2, 0) is 9.47 Å². The Morgan fingerprint density at radius 3 is 1.15 bits per heavy atom. The smallest absolute Gasteiger partial charge is 0.0423 e. The zero-order valence-corrected chi connectivity index (χ0v) is 10.8. The van der Waals surface area contributed by atoms with E-state index in [-0.39, 0.29) is 17.6 Å². The molecule has 0 aromatic rings. The molecule has 0 saturated heterocycles. The second-order valence-electron chi connectivity index (χ2n) is 2.05. The van der Waals surface area contributed by atoms with E-state index < -0.39 is 12.6 Å². The van der Waals surface area contributed by atoms with E-state index in [1.165, 1.54) is 13.8 Å². The fourth-order valence-electron chi connectivity index (χ4n) is 0.469. The van der Waals surface area contributed by atoms with Gasteiger partial charge in [0, 0.05) is 30.8 Å². The van der Waals surface area contributed by atoms with Crippen molar-refractivity contribution in [3.05, 3.63) is 0 Å². The van der Waals surface area contributed by atoms with Gasteiger partial charge in [-0.15, -0.1) is 0 Å². The zero-order valence-electron chi connectivity index (χ0n) is 8.70. The summed E-state index contributed by atoms with van der Waals surface area (Å²) in [4.78, 5) is 0. The third kappa shape index (κ3) is 32.8. The Morgan fingerprint density at radius 2 is 1.15 bits per heavy atom. The zero-order chi connectivity index (χ0) is 9.98. The summed E-state index contributed by atoms with van der Waals surface area (Å²) in [6.45, 7) is 7.59. The summed E-state index contributed by atoms with van der Waals surface area (Å²) in [6, 6.07) is 0. The largest absolute Gasteiger partial charge is 0.831 e. The van der Waals surface area contributed by atoms with E-state index in [4.69, 9.17) is 0 Å². The maximum Gasteiger partial charge on any atom is 0.0423 e. The van der Waals surface area contributed by atoms with Crippen molar-refractivity contribution in [3.63, 3.8) is 0 Å². The molecule has 0 fully saturated rings. The van der Waals surface area contributed by atoms with Gasteiger partial charge in [0.15, 0.2) is 0 Å². The quantitative estimate of drug-likeness (QED) is 0.478. The minimum absolute atomic E-state index is 0. The Morgan fingerprint density at radius 1 is 0.923 bits per heavy atom. The van der Waals surface area contributed by atoms with Gasteiger partial charge in [-0.2, -0.15) is 0 Å². The molecule has 0 saturated carbocycles. The summed E-state index contributed by atoms with van der Waals surface area (Å²) in [5.74, 6) is 0. The molecule has 2 atom stereocenters. The summed E-state index contributed by atoms with van der Waals surface area (Å²) in [7, 11) is 0. The SMILES string of the molecule is CCOC(C)[O-].CCOC(C)[O-].[Ge]. The molecule has 5 heteroatoms. The monoisotopic (exact) mass is 252 g/mol. The van der Waals surface area contributed by atoms with Gasteiger partial charge in [-0.25, -0.2) is 0 Å². The molecule has 80 valence electrons. The molecule has 0 bridgehead atoms. The molecule has 0 N–H and O–H groups in total. The van der Waals surface area contributed by atoms with Crippen LogP contribution in [0.2, 0.25) is 0 Å². The molecule has 0 aliphatic heterocycles. The van der Waals surface area contributed by atoms with Crippen LogP contribution in [-0.4, -0.2) is 43.4 Å². The molecule has 0 heterocycles. The second kappa shape index (κ2) is 14.9. The molecular formula is C8H18GeO4-2. The molecule has 0 spiro atoms. The molecule has 4 radical (unpaired) electrons. The minimum atomic E-state index is -0.852. The first-order chi connectivity index (χ1) is 5.54. The van der Waals surface area contributed by atoms with Crippen LogP contribution in [0.4, 0.5) is 0 Å². The van der Waals surface area contributed by atoms with E-state index in [2.05, 4.69) is 9.47 Å². The molecule has 0 aliphatic carbocycles. The Balaban J connectivity index is -0.000000143. The van der Waals surface area contributed by atoms with Crippen LogP contribution in [0.5, 0.6) is 0 Å². The first-order valence-corrected chi connectivity index (χ1v) is 4.09. The third-order valence-corrected chi connectivity index (χ3v) is 0.803. The van der Waals surface area contributed by atoms with Crippen molar-refractivity contribution in [1.29, 1.82) is 0 Å².